The van der Waals surface area contributed by atoms with E-state index in [1.165, 1.54) is 16.3 Å². The van der Waals surface area contributed by atoms with Gasteiger partial charge in [-0.2, -0.15) is 0 Å². The third-order valence-electron chi connectivity index (χ3n) is 5.67. The molecule has 0 aliphatic rings. The molecule has 1 amide bonds. The zero-order chi connectivity index (χ0) is 24.4. The van der Waals surface area contributed by atoms with Gasteiger partial charge in [-0.1, -0.05) is 42.1 Å². The molecule has 2 aromatic heterocycles. The number of thioether (sulfide) groups is 1. The topological polar surface area (TPSA) is 107 Å². The fourth-order valence-electron chi connectivity index (χ4n) is 4.02. The maximum Gasteiger partial charge on any atom is 0.262 e. The first-order chi connectivity index (χ1) is 17.1. The Morgan fingerprint density at radius 2 is 1.86 bits per heavy atom. The fraction of sp³-hybridized carbons (Fsp3) is 0.192. The van der Waals surface area contributed by atoms with Crippen LogP contribution in [0.5, 0.6) is 5.75 Å². The summed E-state index contributed by atoms with van der Waals surface area (Å²) in [5, 5.41) is 14.9. The maximum atomic E-state index is 13.0. The quantitative estimate of drug-likeness (QED) is 0.245. The summed E-state index contributed by atoms with van der Waals surface area (Å²) >= 11 is 1.17. The molecule has 0 spiro atoms. The summed E-state index contributed by atoms with van der Waals surface area (Å²) in [6, 6.07) is 18.4. The molecule has 2 heterocycles. The molecule has 0 saturated carbocycles. The first kappa shape index (κ1) is 22.9. The smallest absolute Gasteiger partial charge is 0.262 e. The number of ether oxygens (including phenoxy) is 1. The van der Waals surface area contributed by atoms with E-state index < -0.39 is 0 Å². The van der Waals surface area contributed by atoms with Crippen LogP contribution in [-0.2, 0) is 11.3 Å². The average molecular weight is 490 g/mol. The number of anilines is 1. The maximum absolute atomic E-state index is 13.0. The van der Waals surface area contributed by atoms with Gasteiger partial charge in [-0.05, 0) is 30.7 Å². The highest BCUT2D eigenvalue weighted by Gasteiger charge is 2.16. The van der Waals surface area contributed by atoms with E-state index in [-0.39, 0.29) is 23.8 Å². The van der Waals surface area contributed by atoms with Crippen LogP contribution in [0.2, 0.25) is 0 Å². The minimum Gasteiger partial charge on any atom is -0.495 e. The van der Waals surface area contributed by atoms with E-state index in [1.54, 1.807) is 31.4 Å². The van der Waals surface area contributed by atoms with Gasteiger partial charge in [-0.25, -0.2) is 4.98 Å². The number of aliphatic hydroxyl groups is 1. The van der Waals surface area contributed by atoms with E-state index in [0.29, 0.717) is 46.0 Å². The largest absolute Gasteiger partial charge is 0.495 e. The number of aromatic nitrogens is 2. The van der Waals surface area contributed by atoms with Crippen molar-refractivity contribution in [3.05, 3.63) is 71.0 Å². The van der Waals surface area contributed by atoms with Crippen LogP contribution in [0.15, 0.2) is 75.0 Å². The molecule has 0 saturated heterocycles. The molecule has 0 unspecified atom stereocenters. The number of aliphatic hydroxyl groups excluding tert-OH is 1. The predicted molar refractivity (Wildman–Crippen MR) is 137 cm³/mol. The molecule has 0 atom stereocenters. The molecule has 0 aliphatic carbocycles. The second kappa shape index (κ2) is 9.81. The van der Waals surface area contributed by atoms with Crippen molar-refractivity contribution >= 4 is 56.2 Å². The molecule has 9 heteroatoms. The molecule has 5 aromatic rings. The third kappa shape index (κ3) is 4.48. The van der Waals surface area contributed by atoms with Gasteiger partial charge in [0.25, 0.3) is 5.56 Å². The van der Waals surface area contributed by atoms with Gasteiger partial charge in [0, 0.05) is 30.0 Å². The van der Waals surface area contributed by atoms with Gasteiger partial charge in [-0.3, -0.25) is 14.2 Å². The van der Waals surface area contributed by atoms with Crippen molar-refractivity contribution in [2.24, 2.45) is 0 Å². The van der Waals surface area contributed by atoms with Gasteiger partial charge >= 0.3 is 0 Å². The molecular weight excluding hydrogens is 466 g/mol. The number of rotatable bonds is 8. The monoisotopic (exact) mass is 489 g/mol. The Morgan fingerprint density at radius 1 is 1.09 bits per heavy atom. The number of nitrogens with one attached hydrogen (secondary N) is 1. The number of nitrogens with zero attached hydrogens (tertiary/aromatic N) is 2. The van der Waals surface area contributed by atoms with Gasteiger partial charge in [0.15, 0.2) is 5.16 Å². The van der Waals surface area contributed by atoms with Gasteiger partial charge in [-0.15, -0.1) is 0 Å². The highest BCUT2D eigenvalue weighted by atomic mass is 32.2. The Labute approximate surface area is 204 Å². The number of amides is 1. The lowest BCUT2D eigenvalue weighted by molar-refractivity contribution is -0.113. The van der Waals surface area contributed by atoms with Gasteiger partial charge in [0.2, 0.25) is 5.91 Å². The molecule has 8 nitrogen and oxygen atoms in total. The number of furan rings is 1. The summed E-state index contributed by atoms with van der Waals surface area (Å²) in [5.41, 5.74) is 2.27. The van der Waals surface area contributed by atoms with Crippen LogP contribution in [0.4, 0.5) is 5.69 Å². The van der Waals surface area contributed by atoms with E-state index in [2.05, 4.69) is 10.3 Å². The second-order valence-electron chi connectivity index (χ2n) is 7.93. The molecule has 2 N–H and O–H groups in total. The summed E-state index contributed by atoms with van der Waals surface area (Å²) < 4.78 is 13.0. The normalized spacial score (nSPS) is 11.4. The van der Waals surface area contributed by atoms with Crippen molar-refractivity contribution < 1.29 is 19.1 Å². The van der Waals surface area contributed by atoms with E-state index in [9.17, 15) is 14.7 Å². The van der Waals surface area contributed by atoms with Crippen LogP contribution in [0, 0.1) is 0 Å². The van der Waals surface area contributed by atoms with Crippen LogP contribution in [0.1, 0.15) is 6.42 Å². The number of hydrogen-bond donors (Lipinski definition) is 2. The Bertz CT molecular complexity index is 1610. The van der Waals surface area contributed by atoms with Crippen molar-refractivity contribution in [2.45, 2.75) is 18.1 Å². The third-order valence-corrected chi connectivity index (χ3v) is 6.65. The van der Waals surface area contributed by atoms with Crippen LogP contribution in [0.25, 0.3) is 32.8 Å². The molecule has 0 bridgehead atoms. The number of fused-ring (bicyclic) bond motifs is 4. The Hall–Kier alpha value is -3.82. The number of carbonyl (C=O) groups excluding carboxylic acids is 1. The lowest BCUT2D eigenvalue weighted by Gasteiger charge is -2.13. The number of carbonyl (C=O) groups is 1. The molecule has 3 aromatic carbocycles. The van der Waals surface area contributed by atoms with Crippen molar-refractivity contribution in [1.82, 2.24) is 9.55 Å². The lowest BCUT2D eigenvalue weighted by Crippen LogP contribution is -2.24. The van der Waals surface area contributed by atoms with Gasteiger partial charge in [0.1, 0.15) is 16.9 Å². The van der Waals surface area contributed by atoms with Crippen molar-refractivity contribution in [3.63, 3.8) is 0 Å². The van der Waals surface area contributed by atoms with Crippen molar-refractivity contribution in [2.75, 3.05) is 24.8 Å². The summed E-state index contributed by atoms with van der Waals surface area (Å²) in [5.74, 6) is 0.275. The second-order valence-corrected chi connectivity index (χ2v) is 8.87. The minimum absolute atomic E-state index is 0.0330. The van der Waals surface area contributed by atoms with E-state index in [0.717, 1.165) is 16.4 Å². The summed E-state index contributed by atoms with van der Waals surface area (Å²) in [6.45, 7) is 0.265. The van der Waals surface area contributed by atoms with E-state index in [1.807, 2.05) is 36.4 Å². The van der Waals surface area contributed by atoms with E-state index >= 15 is 0 Å². The lowest BCUT2D eigenvalue weighted by atomic mass is 10.1. The number of benzene rings is 3. The summed E-state index contributed by atoms with van der Waals surface area (Å²) in [4.78, 5) is 30.4. The first-order valence-corrected chi connectivity index (χ1v) is 12.1. The Kier molecular flexibility index (Phi) is 6.43. The average Bonchev–Trinajstić information content (AvgIpc) is 3.24. The number of para-hydroxylation sites is 2. The van der Waals surface area contributed by atoms with Gasteiger partial charge in [0.05, 0.1) is 29.5 Å². The summed E-state index contributed by atoms with van der Waals surface area (Å²) in [7, 11) is 1.55. The summed E-state index contributed by atoms with van der Waals surface area (Å²) in [6.07, 6.45) is 0.411. The minimum atomic E-state index is -0.278. The zero-order valence-electron chi connectivity index (χ0n) is 19.0. The molecule has 0 aliphatic heterocycles. The number of hydrogen-bond acceptors (Lipinski definition) is 7. The predicted octanol–water partition coefficient (Wildman–Crippen LogP) is 4.42. The van der Waals surface area contributed by atoms with E-state index in [4.69, 9.17) is 9.15 Å². The first-order valence-electron chi connectivity index (χ1n) is 11.1. The molecule has 0 fully saturated rings. The standard InChI is InChI=1S/C26H23N3O5S/c1-33-23-13-18-16-7-3-5-10-21(16)34-22(18)14-20(23)27-24(31)15-35-26-28-19-9-4-2-8-17(19)25(32)29(26)11-6-12-30/h2-5,7-10,13-14,30H,6,11-12,15H2,1H3,(H,27,31). The van der Waals surface area contributed by atoms with Crippen LogP contribution >= 0.6 is 11.8 Å². The molecular formula is C26H23N3O5S. The fourth-order valence-corrected chi connectivity index (χ4v) is 4.84. The molecule has 5 rings (SSSR count). The highest BCUT2D eigenvalue weighted by molar-refractivity contribution is 7.99. The highest BCUT2D eigenvalue weighted by Crippen LogP contribution is 2.36. The van der Waals surface area contributed by atoms with Crippen LogP contribution in [0.3, 0.4) is 0 Å². The Balaban J connectivity index is 1.40. The number of methoxy groups -OCH3 is 1. The van der Waals surface area contributed by atoms with Crippen molar-refractivity contribution in [1.29, 1.82) is 0 Å². The van der Waals surface area contributed by atoms with Crippen LogP contribution in [-0.4, -0.2) is 40.0 Å². The molecule has 178 valence electrons. The Morgan fingerprint density at radius 3 is 2.66 bits per heavy atom. The zero-order valence-corrected chi connectivity index (χ0v) is 19.8. The van der Waals surface area contributed by atoms with Gasteiger partial charge < -0.3 is 19.6 Å². The SMILES string of the molecule is COc1cc2c(cc1NC(=O)CSc1nc3ccccc3c(=O)n1CCCO)oc1ccccc12. The molecule has 0 radical (unpaired) electrons. The van der Waals surface area contributed by atoms with Crippen molar-refractivity contribution in [3.8, 4) is 5.75 Å². The van der Waals surface area contributed by atoms with Crippen LogP contribution < -0.4 is 15.6 Å². The molecule has 35 heavy (non-hydrogen) atoms.